The molecular weight excluding hydrogens is 278 g/mol. The van der Waals surface area contributed by atoms with E-state index in [0.29, 0.717) is 19.0 Å². The summed E-state index contributed by atoms with van der Waals surface area (Å²) in [6.45, 7) is 7.53. The van der Waals surface area contributed by atoms with Gasteiger partial charge in [-0.15, -0.1) is 0 Å². The number of nitrogens with two attached hydrogens (primary N) is 1. The van der Waals surface area contributed by atoms with E-state index in [0.717, 1.165) is 17.1 Å². The number of aromatic nitrogens is 4. The lowest BCUT2D eigenvalue weighted by atomic mass is 9.95. The fourth-order valence-electron chi connectivity index (χ4n) is 2.28. The van der Waals surface area contributed by atoms with Crippen LogP contribution in [0.1, 0.15) is 43.4 Å². The molecule has 0 atom stereocenters. The van der Waals surface area contributed by atoms with E-state index >= 15 is 0 Å². The lowest BCUT2D eigenvalue weighted by Crippen LogP contribution is -2.19. The van der Waals surface area contributed by atoms with E-state index in [9.17, 15) is 0 Å². The average molecular weight is 295 g/mol. The fourth-order valence-corrected chi connectivity index (χ4v) is 2.28. The summed E-state index contributed by atoms with van der Waals surface area (Å²) >= 11 is 0. The summed E-state index contributed by atoms with van der Waals surface area (Å²) in [5.74, 6) is 1.53. The zero-order valence-electron chi connectivity index (χ0n) is 12.8. The van der Waals surface area contributed by atoms with Gasteiger partial charge in [-0.3, -0.25) is 0 Å². The highest BCUT2D eigenvalue weighted by atomic mass is 15.3. The highest BCUT2D eigenvalue weighted by Crippen LogP contribution is 2.27. The van der Waals surface area contributed by atoms with Gasteiger partial charge < -0.3 is 10.6 Å². The molecule has 0 aliphatic carbocycles. The Morgan fingerprint density at radius 2 is 1.95 bits per heavy atom. The van der Waals surface area contributed by atoms with Gasteiger partial charge in [-0.25, -0.2) is 15.0 Å². The second-order valence-corrected chi connectivity index (χ2v) is 6.35. The molecule has 0 fully saturated rings. The van der Waals surface area contributed by atoms with Gasteiger partial charge in [-0.2, -0.15) is 10.2 Å². The predicted octanol–water partition coefficient (Wildman–Crippen LogP) is 1.54. The fraction of sp³-hybridized carbons (Fsp3) is 0.400. The lowest BCUT2D eigenvalue weighted by Gasteiger charge is -2.16. The Morgan fingerprint density at radius 1 is 1.18 bits per heavy atom. The van der Waals surface area contributed by atoms with Crippen LogP contribution in [0.4, 0.5) is 11.8 Å². The molecule has 0 amide bonds. The largest absolute Gasteiger partial charge is 0.382 e. The van der Waals surface area contributed by atoms with Crippen LogP contribution in [0.2, 0.25) is 0 Å². The van der Waals surface area contributed by atoms with Crippen molar-refractivity contribution >= 4 is 11.8 Å². The Labute approximate surface area is 128 Å². The molecule has 2 aromatic heterocycles. The number of fused-ring (bicyclic) bond motifs is 1. The molecule has 0 radical (unpaired) electrons. The Bertz CT molecular complexity index is 770. The van der Waals surface area contributed by atoms with Gasteiger partial charge in [0.15, 0.2) is 0 Å². The van der Waals surface area contributed by atoms with E-state index in [1.807, 2.05) is 17.2 Å². The molecule has 22 heavy (non-hydrogen) atoms. The second kappa shape index (κ2) is 4.91. The van der Waals surface area contributed by atoms with Crippen LogP contribution in [0.3, 0.4) is 0 Å². The Hall–Kier alpha value is -2.75. The summed E-state index contributed by atoms with van der Waals surface area (Å²) in [5.41, 5.74) is 8.02. The van der Waals surface area contributed by atoms with Crippen molar-refractivity contribution in [1.29, 1.82) is 5.26 Å². The van der Waals surface area contributed by atoms with Crippen LogP contribution < -0.4 is 10.6 Å². The van der Waals surface area contributed by atoms with Gasteiger partial charge >= 0.3 is 0 Å². The standard InChI is InChI=1S/C15H17N7/c1-15(2,3)13-18-6-10-7-22(8-11(10)20-13)14-19-5-9(4-16)12(17)21-14/h5-6H,7-8H2,1-3H3,(H2,17,19,21). The molecule has 2 aromatic rings. The molecule has 0 bridgehead atoms. The highest BCUT2D eigenvalue weighted by Gasteiger charge is 2.26. The highest BCUT2D eigenvalue weighted by molar-refractivity contribution is 5.51. The smallest absolute Gasteiger partial charge is 0.228 e. The molecule has 7 heteroatoms. The minimum Gasteiger partial charge on any atom is -0.382 e. The van der Waals surface area contributed by atoms with Crippen molar-refractivity contribution in [3.8, 4) is 6.07 Å². The molecule has 0 saturated carbocycles. The van der Waals surface area contributed by atoms with Crippen molar-refractivity contribution in [2.75, 3.05) is 10.6 Å². The molecule has 3 rings (SSSR count). The van der Waals surface area contributed by atoms with E-state index in [4.69, 9.17) is 11.0 Å². The topological polar surface area (TPSA) is 105 Å². The first-order valence-corrected chi connectivity index (χ1v) is 7.01. The number of anilines is 2. The van der Waals surface area contributed by atoms with Crippen LogP contribution in [0.15, 0.2) is 12.4 Å². The van der Waals surface area contributed by atoms with Crippen LogP contribution in [-0.2, 0) is 18.5 Å². The molecule has 1 aliphatic heterocycles. The summed E-state index contributed by atoms with van der Waals surface area (Å²) in [6.07, 6.45) is 3.32. The summed E-state index contributed by atoms with van der Waals surface area (Å²) in [7, 11) is 0. The molecule has 0 saturated heterocycles. The van der Waals surface area contributed by atoms with Crippen LogP contribution in [0.25, 0.3) is 0 Å². The van der Waals surface area contributed by atoms with Gasteiger partial charge in [0.2, 0.25) is 5.95 Å². The first-order valence-electron chi connectivity index (χ1n) is 7.01. The summed E-state index contributed by atoms with van der Waals surface area (Å²) < 4.78 is 0. The van der Waals surface area contributed by atoms with Crippen molar-refractivity contribution in [3.05, 3.63) is 35.0 Å². The second-order valence-electron chi connectivity index (χ2n) is 6.35. The van der Waals surface area contributed by atoms with Gasteiger partial charge in [0.25, 0.3) is 0 Å². The third-order valence-electron chi connectivity index (χ3n) is 3.54. The van der Waals surface area contributed by atoms with E-state index < -0.39 is 0 Å². The minimum absolute atomic E-state index is 0.0855. The monoisotopic (exact) mass is 295 g/mol. The zero-order chi connectivity index (χ0) is 15.9. The van der Waals surface area contributed by atoms with E-state index in [-0.39, 0.29) is 16.8 Å². The van der Waals surface area contributed by atoms with Crippen LogP contribution in [0.5, 0.6) is 0 Å². The molecule has 0 aromatic carbocycles. The normalized spacial score (nSPS) is 13.8. The van der Waals surface area contributed by atoms with Crippen molar-refractivity contribution in [1.82, 2.24) is 19.9 Å². The minimum atomic E-state index is -0.0855. The van der Waals surface area contributed by atoms with Crippen LogP contribution >= 0.6 is 0 Å². The zero-order valence-corrected chi connectivity index (χ0v) is 12.8. The van der Waals surface area contributed by atoms with Gasteiger partial charge in [0.05, 0.1) is 18.4 Å². The van der Waals surface area contributed by atoms with Crippen LogP contribution in [0, 0.1) is 11.3 Å². The quantitative estimate of drug-likeness (QED) is 0.850. The van der Waals surface area contributed by atoms with Gasteiger partial charge in [0, 0.05) is 23.7 Å². The van der Waals surface area contributed by atoms with E-state index in [1.165, 1.54) is 6.20 Å². The molecule has 7 nitrogen and oxygen atoms in total. The van der Waals surface area contributed by atoms with Gasteiger partial charge in [-0.05, 0) is 0 Å². The van der Waals surface area contributed by atoms with Gasteiger partial charge in [0.1, 0.15) is 23.3 Å². The van der Waals surface area contributed by atoms with Crippen molar-refractivity contribution in [2.45, 2.75) is 39.3 Å². The molecule has 1 aliphatic rings. The van der Waals surface area contributed by atoms with Crippen LogP contribution in [-0.4, -0.2) is 19.9 Å². The number of hydrogen-bond donors (Lipinski definition) is 1. The molecule has 0 spiro atoms. The molecule has 0 unspecified atom stereocenters. The molecular formula is C15H17N7. The third kappa shape index (κ3) is 2.44. The molecule has 112 valence electrons. The average Bonchev–Trinajstić information content (AvgIpc) is 2.89. The summed E-state index contributed by atoms with van der Waals surface area (Å²) in [5, 5.41) is 8.88. The number of hydrogen-bond acceptors (Lipinski definition) is 7. The number of rotatable bonds is 1. The first kappa shape index (κ1) is 14.2. The maximum Gasteiger partial charge on any atom is 0.228 e. The number of nitriles is 1. The maximum absolute atomic E-state index is 8.88. The SMILES string of the molecule is CC(C)(C)c1ncc2c(n1)CN(c1ncc(C#N)c(N)n1)C2. The van der Waals surface area contributed by atoms with E-state index in [2.05, 4.69) is 40.7 Å². The predicted molar refractivity (Wildman–Crippen MR) is 81.8 cm³/mol. The Balaban J connectivity index is 1.89. The van der Waals surface area contributed by atoms with E-state index in [1.54, 1.807) is 0 Å². The van der Waals surface area contributed by atoms with Crippen molar-refractivity contribution < 1.29 is 0 Å². The number of nitrogen functional groups attached to an aromatic ring is 1. The lowest BCUT2D eigenvalue weighted by molar-refractivity contribution is 0.541. The van der Waals surface area contributed by atoms with Crippen molar-refractivity contribution in [2.24, 2.45) is 0 Å². The third-order valence-corrected chi connectivity index (χ3v) is 3.54. The first-order chi connectivity index (χ1) is 10.4. The summed E-state index contributed by atoms with van der Waals surface area (Å²) in [4.78, 5) is 19.5. The summed E-state index contributed by atoms with van der Waals surface area (Å²) in [6, 6.07) is 1.96. The molecule has 3 heterocycles. The van der Waals surface area contributed by atoms with Crippen molar-refractivity contribution in [3.63, 3.8) is 0 Å². The molecule has 2 N–H and O–H groups in total. The Morgan fingerprint density at radius 3 is 2.59 bits per heavy atom. The maximum atomic E-state index is 8.88. The Kier molecular flexibility index (Phi) is 3.17. The number of nitrogens with zero attached hydrogens (tertiary/aromatic N) is 6. The van der Waals surface area contributed by atoms with Gasteiger partial charge in [-0.1, -0.05) is 20.8 Å².